The molecule has 0 aromatic heterocycles. The Kier molecular flexibility index (Phi) is 3.25. The molecule has 0 saturated heterocycles. The molecule has 5 nitrogen and oxygen atoms in total. The van der Waals surface area contributed by atoms with Crippen LogP contribution in [0.2, 0.25) is 0 Å². The largest absolute Gasteiger partial charge is 0.345 e. The molecule has 0 saturated carbocycles. The summed E-state index contributed by atoms with van der Waals surface area (Å²) in [5.41, 5.74) is 3.23. The Morgan fingerprint density at radius 3 is 2.23 bits per heavy atom. The predicted octanol–water partition coefficient (Wildman–Crippen LogP) is 2.19. The summed E-state index contributed by atoms with van der Waals surface area (Å²) in [7, 11) is 3.40. The number of amides is 2. The lowest BCUT2D eigenvalue weighted by Gasteiger charge is -2.10. The van der Waals surface area contributed by atoms with E-state index in [4.69, 9.17) is 0 Å². The second-order valence-corrected chi connectivity index (χ2v) is 5.32. The molecule has 1 heterocycles. The number of rotatable bonds is 2. The molecule has 2 aromatic carbocycles. The second-order valence-electron chi connectivity index (χ2n) is 5.32. The quantitative estimate of drug-likeness (QED) is 0.863. The van der Waals surface area contributed by atoms with E-state index in [1.165, 1.54) is 4.90 Å². The first-order valence-corrected chi connectivity index (χ1v) is 6.79. The minimum atomic E-state index is -0.598. The van der Waals surface area contributed by atoms with E-state index in [9.17, 15) is 14.4 Å². The molecule has 0 fully saturated rings. The number of nitrogens with zero attached hydrogens (tertiary/aromatic N) is 1. The van der Waals surface area contributed by atoms with Gasteiger partial charge in [-0.1, -0.05) is 18.2 Å². The van der Waals surface area contributed by atoms with Crippen LogP contribution in [0, 0.1) is 0 Å². The fourth-order valence-corrected chi connectivity index (χ4v) is 2.39. The van der Waals surface area contributed by atoms with Crippen molar-refractivity contribution in [3.05, 3.63) is 53.6 Å². The molecule has 1 aliphatic rings. The van der Waals surface area contributed by atoms with Gasteiger partial charge in [-0.05, 0) is 35.4 Å². The lowest BCUT2D eigenvalue weighted by molar-refractivity contribution is -0.112. The molecule has 0 radical (unpaired) electrons. The van der Waals surface area contributed by atoms with E-state index in [-0.39, 0.29) is 5.91 Å². The van der Waals surface area contributed by atoms with Crippen molar-refractivity contribution in [1.82, 2.24) is 4.90 Å². The maximum Gasteiger partial charge on any atom is 0.296 e. The van der Waals surface area contributed by atoms with Crippen LogP contribution in [0.3, 0.4) is 0 Å². The fraction of sp³-hybridized carbons (Fsp3) is 0.118. The summed E-state index contributed by atoms with van der Waals surface area (Å²) in [6.07, 6.45) is 0. The molecule has 0 spiro atoms. The van der Waals surface area contributed by atoms with Crippen LogP contribution in [0.1, 0.15) is 20.7 Å². The highest BCUT2D eigenvalue weighted by atomic mass is 16.2. The molecule has 1 N–H and O–H groups in total. The zero-order chi connectivity index (χ0) is 15.9. The Morgan fingerprint density at radius 1 is 0.955 bits per heavy atom. The van der Waals surface area contributed by atoms with Crippen LogP contribution in [0.5, 0.6) is 0 Å². The van der Waals surface area contributed by atoms with Crippen LogP contribution in [-0.4, -0.2) is 36.6 Å². The molecule has 1 aliphatic heterocycles. The topological polar surface area (TPSA) is 66.5 Å². The Labute approximate surface area is 127 Å². The van der Waals surface area contributed by atoms with Gasteiger partial charge < -0.3 is 10.2 Å². The van der Waals surface area contributed by atoms with Crippen LogP contribution < -0.4 is 5.32 Å². The normalized spacial score (nSPS) is 12.8. The lowest BCUT2D eigenvalue weighted by atomic mass is 10.00. The van der Waals surface area contributed by atoms with Gasteiger partial charge in [0.25, 0.3) is 17.6 Å². The van der Waals surface area contributed by atoms with Crippen LogP contribution in [0.15, 0.2) is 42.5 Å². The number of hydrogen-bond donors (Lipinski definition) is 1. The minimum absolute atomic E-state index is 0.0644. The number of nitrogens with one attached hydrogen (secondary N) is 1. The van der Waals surface area contributed by atoms with Gasteiger partial charge in [-0.15, -0.1) is 0 Å². The molecule has 0 aliphatic carbocycles. The van der Waals surface area contributed by atoms with E-state index in [1.54, 1.807) is 38.4 Å². The molecule has 2 amide bonds. The maximum absolute atomic E-state index is 11.9. The van der Waals surface area contributed by atoms with Gasteiger partial charge in [0.2, 0.25) is 0 Å². The van der Waals surface area contributed by atoms with Gasteiger partial charge in [-0.25, -0.2) is 0 Å². The SMILES string of the molecule is CN(C)C(=O)c1ccc(-c2ccc3c(c2)C(=O)C(=O)N3)cc1. The molecule has 22 heavy (non-hydrogen) atoms. The first-order valence-electron chi connectivity index (χ1n) is 6.79. The van der Waals surface area contributed by atoms with Gasteiger partial charge in [0, 0.05) is 19.7 Å². The third-order valence-electron chi connectivity index (χ3n) is 3.59. The molecule has 110 valence electrons. The Bertz CT molecular complexity index is 792. The molecule has 5 heteroatoms. The van der Waals surface area contributed by atoms with E-state index in [0.29, 0.717) is 16.8 Å². The predicted molar refractivity (Wildman–Crippen MR) is 82.9 cm³/mol. The Morgan fingerprint density at radius 2 is 1.59 bits per heavy atom. The molecule has 3 rings (SSSR count). The molecule has 0 unspecified atom stereocenters. The average molecular weight is 294 g/mol. The number of carbonyl (C=O) groups is 3. The highest BCUT2D eigenvalue weighted by Crippen LogP contribution is 2.29. The summed E-state index contributed by atoms with van der Waals surface area (Å²) in [5, 5.41) is 2.52. The zero-order valence-corrected chi connectivity index (χ0v) is 12.2. The van der Waals surface area contributed by atoms with Crippen molar-refractivity contribution in [2.75, 3.05) is 19.4 Å². The zero-order valence-electron chi connectivity index (χ0n) is 12.2. The first kappa shape index (κ1) is 14.0. The van der Waals surface area contributed by atoms with Gasteiger partial charge in [-0.3, -0.25) is 14.4 Å². The van der Waals surface area contributed by atoms with Gasteiger partial charge in [0.15, 0.2) is 0 Å². The summed E-state index contributed by atoms with van der Waals surface area (Å²) < 4.78 is 0. The third-order valence-corrected chi connectivity index (χ3v) is 3.59. The van der Waals surface area contributed by atoms with Crippen molar-refractivity contribution in [1.29, 1.82) is 0 Å². The van der Waals surface area contributed by atoms with Gasteiger partial charge in [0.1, 0.15) is 0 Å². The molecular weight excluding hydrogens is 280 g/mol. The highest BCUT2D eigenvalue weighted by Gasteiger charge is 2.27. The molecule has 0 bridgehead atoms. The van der Waals surface area contributed by atoms with Crippen molar-refractivity contribution in [2.24, 2.45) is 0 Å². The summed E-state index contributed by atoms with van der Waals surface area (Å²) in [6.45, 7) is 0. The Balaban J connectivity index is 1.94. The van der Waals surface area contributed by atoms with Gasteiger partial charge in [-0.2, -0.15) is 0 Å². The summed E-state index contributed by atoms with van der Waals surface area (Å²) >= 11 is 0. The number of benzene rings is 2. The fourth-order valence-electron chi connectivity index (χ4n) is 2.39. The number of fused-ring (bicyclic) bond motifs is 1. The summed E-state index contributed by atoms with van der Waals surface area (Å²) in [6, 6.07) is 12.4. The van der Waals surface area contributed by atoms with Crippen LogP contribution in [0.4, 0.5) is 5.69 Å². The van der Waals surface area contributed by atoms with Gasteiger partial charge >= 0.3 is 0 Å². The number of Topliss-reactive ketones (excluding diaryl/α,β-unsaturated/α-hetero) is 1. The van der Waals surface area contributed by atoms with E-state index in [2.05, 4.69) is 5.32 Å². The molecular formula is C17H14N2O3. The van der Waals surface area contributed by atoms with Crippen molar-refractivity contribution in [3.8, 4) is 11.1 Å². The second kappa shape index (κ2) is 5.11. The van der Waals surface area contributed by atoms with Crippen LogP contribution in [-0.2, 0) is 4.79 Å². The number of anilines is 1. The van der Waals surface area contributed by atoms with E-state index < -0.39 is 11.7 Å². The minimum Gasteiger partial charge on any atom is -0.345 e. The average Bonchev–Trinajstić information content (AvgIpc) is 2.81. The highest BCUT2D eigenvalue weighted by molar-refractivity contribution is 6.51. The first-order chi connectivity index (χ1) is 10.5. The van der Waals surface area contributed by atoms with Crippen molar-refractivity contribution >= 4 is 23.3 Å². The number of ketones is 1. The maximum atomic E-state index is 11.9. The van der Waals surface area contributed by atoms with E-state index in [1.807, 2.05) is 18.2 Å². The lowest BCUT2D eigenvalue weighted by Crippen LogP contribution is -2.21. The van der Waals surface area contributed by atoms with Crippen molar-refractivity contribution < 1.29 is 14.4 Å². The van der Waals surface area contributed by atoms with Crippen LogP contribution in [0.25, 0.3) is 11.1 Å². The Hall–Kier alpha value is -2.95. The van der Waals surface area contributed by atoms with E-state index >= 15 is 0 Å². The number of carbonyl (C=O) groups excluding carboxylic acids is 3. The third kappa shape index (κ3) is 2.26. The monoisotopic (exact) mass is 294 g/mol. The summed E-state index contributed by atoms with van der Waals surface area (Å²) in [5.74, 6) is -1.18. The van der Waals surface area contributed by atoms with Crippen molar-refractivity contribution in [3.63, 3.8) is 0 Å². The van der Waals surface area contributed by atoms with Crippen molar-refractivity contribution in [2.45, 2.75) is 0 Å². The standard InChI is InChI=1S/C17H14N2O3/c1-19(2)17(22)11-5-3-10(4-6-11)12-7-8-14-13(9-12)15(20)16(21)18-14/h3-9H,1-2H3,(H,18,20,21). The number of hydrogen-bond acceptors (Lipinski definition) is 3. The molecule has 0 atom stereocenters. The van der Waals surface area contributed by atoms with Crippen LogP contribution >= 0.6 is 0 Å². The summed E-state index contributed by atoms with van der Waals surface area (Å²) in [4.78, 5) is 36.5. The molecule has 2 aromatic rings. The van der Waals surface area contributed by atoms with Gasteiger partial charge in [0.05, 0.1) is 11.3 Å². The smallest absolute Gasteiger partial charge is 0.296 e. The van der Waals surface area contributed by atoms with E-state index in [0.717, 1.165) is 11.1 Å².